The summed E-state index contributed by atoms with van der Waals surface area (Å²) in [7, 11) is 0. The molecule has 1 heterocycles. The summed E-state index contributed by atoms with van der Waals surface area (Å²) in [6.07, 6.45) is 0.938. The molecule has 3 nitrogen and oxygen atoms in total. The van der Waals surface area contributed by atoms with Gasteiger partial charge in [0.25, 0.3) is 5.91 Å². The molecule has 3 N–H and O–H groups in total. The van der Waals surface area contributed by atoms with Gasteiger partial charge in [-0.1, -0.05) is 13.8 Å². The third-order valence-electron chi connectivity index (χ3n) is 1.77. The fourth-order valence-electron chi connectivity index (χ4n) is 1.09. The molecule has 0 saturated heterocycles. The van der Waals surface area contributed by atoms with Crippen molar-refractivity contribution < 1.29 is 4.79 Å². The summed E-state index contributed by atoms with van der Waals surface area (Å²) >= 11 is 3.18. The quantitative estimate of drug-likeness (QED) is 0.783. The molecule has 15 heavy (non-hydrogen) atoms. The Kier molecular flexibility index (Phi) is 4.98. The summed E-state index contributed by atoms with van der Waals surface area (Å²) in [6.45, 7) is 4.81. The van der Waals surface area contributed by atoms with Crippen molar-refractivity contribution in [1.82, 2.24) is 5.32 Å². The van der Waals surface area contributed by atoms with Crippen LogP contribution in [-0.2, 0) is 0 Å². The zero-order chi connectivity index (χ0) is 11.3. The molecule has 0 aliphatic heterocycles. The number of nitrogens with two attached hydrogens (primary N) is 1. The molecule has 1 rings (SSSR count). The molecule has 0 radical (unpaired) electrons. The molecular weight excluding hydrogens is 228 g/mol. The standard InChI is InChI=1S/C10H16N2OS2/c1-3-5-12-10(13)9-7(11)6-8(15-9)14-4-2/h6H,3-5,11H2,1-2H3,(H,12,13). The molecule has 0 fully saturated rings. The number of rotatable bonds is 5. The molecule has 0 atom stereocenters. The lowest BCUT2D eigenvalue weighted by atomic mass is 10.3. The van der Waals surface area contributed by atoms with E-state index >= 15 is 0 Å². The average Bonchev–Trinajstić information content (AvgIpc) is 2.57. The van der Waals surface area contributed by atoms with E-state index in [0.717, 1.165) is 16.4 Å². The zero-order valence-corrected chi connectivity index (χ0v) is 10.6. The van der Waals surface area contributed by atoms with Crippen LogP contribution in [0.15, 0.2) is 10.3 Å². The zero-order valence-electron chi connectivity index (χ0n) is 9.00. The van der Waals surface area contributed by atoms with E-state index in [1.165, 1.54) is 11.3 Å². The van der Waals surface area contributed by atoms with Crippen LogP contribution in [0.1, 0.15) is 29.9 Å². The van der Waals surface area contributed by atoms with Gasteiger partial charge in [-0.2, -0.15) is 0 Å². The van der Waals surface area contributed by atoms with Gasteiger partial charge in [-0.25, -0.2) is 0 Å². The smallest absolute Gasteiger partial charge is 0.263 e. The first-order valence-electron chi connectivity index (χ1n) is 4.99. The molecule has 0 aliphatic rings. The molecular formula is C10H16N2OS2. The molecule has 84 valence electrons. The van der Waals surface area contributed by atoms with Crippen molar-refractivity contribution in [3.63, 3.8) is 0 Å². The van der Waals surface area contributed by atoms with Gasteiger partial charge in [0.2, 0.25) is 0 Å². The van der Waals surface area contributed by atoms with Crippen molar-refractivity contribution >= 4 is 34.7 Å². The Morgan fingerprint density at radius 2 is 2.33 bits per heavy atom. The van der Waals surface area contributed by atoms with Crippen LogP contribution in [0.2, 0.25) is 0 Å². The first-order chi connectivity index (χ1) is 7.19. The molecule has 0 unspecified atom stereocenters. The lowest BCUT2D eigenvalue weighted by Gasteiger charge is -2.00. The third-order valence-corrected chi connectivity index (χ3v) is 4.01. The van der Waals surface area contributed by atoms with Gasteiger partial charge in [0, 0.05) is 6.54 Å². The van der Waals surface area contributed by atoms with E-state index in [2.05, 4.69) is 12.2 Å². The van der Waals surface area contributed by atoms with E-state index in [4.69, 9.17) is 5.73 Å². The van der Waals surface area contributed by atoms with Crippen LogP contribution >= 0.6 is 23.1 Å². The summed E-state index contributed by atoms with van der Waals surface area (Å²) in [5.41, 5.74) is 6.37. The maximum atomic E-state index is 11.7. The minimum atomic E-state index is -0.0534. The van der Waals surface area contributed by atoms with Crippen LogP contribution in [0.5, 0.6) is 0 Å². The molecule has 0 saturated carbocycles. The number of carbonyl (C=O) groups excluding carboxylic acids is 1. The van der Waals surface area contributed by atoms with Crippen molar-refractivity contribution in [2.45, 2.75) is 24.5 Å². The molecule has 5 heteroatoms. The number of nitrogen functional groups attached to an aromatic ring is 1. The van der Waals surface area contributed by atoms with Crippen LogP contribution < -0.4 is 11.1 Å². The normalized spacial score (nSPS) is 10.3. The van der Waals surface area contributed by atoms with Crippen molar-refractivity contribution in [3.8, 4) is 0 Å². The highest BCUT2D eigenvalue weighted by Crippen LogP contribution is 2.32. The number of hydrogen-bond donors (Lipinski definition) is 2. The van der Waals surface area contributed by atoms with Gasteiger partial charge in [-0.3, -0.25) is 4.79 Å². The van der Waals surface area contributed by atoms with Crippen molar-refractivity contribution in [2.75, 3.05) is 18.0 Å². The summed E-state index contributed by atoms with van der Waals surface area (Å²) < 4.78 is 1.11. The number of amides is 1. The second kappa shape index (κ2) is 6.02. The second-order valence-electron chi connectivity index (χ2n) is 3.04. The number of hydrogen-bond acceptors (Lipinski definition) is 4. The lowest BCUT2D eigenvalue weighted by Crippen LogP contribution is -2.23. The molecule has 0 aromatic carbocycles. The summed E-state index contributed by atoms with van der Waals surface area (Å²) in [5, 5.41) is 2.83. The SMILES string of the molecule is CCCNC(=O)c1sc(SCC)cc1N. The van der Waals surface area contributed by atoms with Crippen LogP contribution in [-0.4, -0.2) is 18.2 Å². The first-order valence-corrected chi connectivity index (χ1v) is 6.79. The summed E-state index contributed by atoms with van der Waals surface area (Å²) in [4.78, 5) is 12.3. The van der Waals surface area contributed by atoms with Crippen LogP contribution in [0.4, 0.5) is 5.69 Å². The van der Waals surface area contributed by atoms with Gasteiger partial charge in [0.05, 0.1) is 9.90 Å². The van der Waals surface area contributed by atoms with E-state index in [1.807, 2.05) is 13.0 Å². The molecule has 0 aliphatic carbocycles. The monoisotopic (exact) mass is 244 g/mol. The first kappa shape index (κ1) is 12.4. The van der Waals surface area contributed by atoms with Crippen LogP contribution in [0.25, 0.3) is 0 Å². The summed E-state index contributed by atoms with van der Waals surface area (Å²) in [5.74, 6) is 0.943. The van der Waals surface area contributed by atoms with Gasteiger partial charge in [0.1, 0.15) is 4.88 Å². The topological polar surface area (TPSA) is 55.1 Å². The fraction of sp³-hybridized carbons (Fsp3) is 0.500. The second-order valence-corrected chi connectivity index (χ2v) is 5.66. The molecule has 1 aromatic rings. The Morgan fingerprint density at radius 1 is 1.60 bits per heavy atom. The Morgan fingerprint density at radius 3 is 2.93 bits per heavy atom. The Labute approximate surface area is 98.4 Å². The Hall–Kier alpha value is -0.680. The van der Waals surface area contributed by atoms with Gasteiger partial charge in [0.15, 0.2) is 0 Å². The Balaban J connectivity index is 2.71. The maximum absolute atomic E-state index is 11.7. The van der Waals surface area contributed by atoms with Gasteiger partial charge < -0.3 is 11.1 Å². The van der Waals surface area contributed by atoms with E-state index in [-0.39, 0.29) is 5.91 Å². The van der Waals surface area contributed by atoms with E-state index in [0.29, 0.717) is 17.1 Å². The highest BCUT2D eigenvalue weighted by Gasteiger charge is 2.13. The summed E-state index contributed by atoms with van der Waals surface area (Å²) in [6, 6.07) is 1.87. The van der Waals surface area contributed by atoms with Crippen molar-refractivity contribution in [3.05, 3.63) is 10.9 Å². The molecule has 1 aromatic heterocycles. The highest BCUT2D eigenvalue weighted by molar-refractivity contribution is 8.01. The highest BCUT2D eigenvalue weighted by atomic mass is 32.2. The van der Waals surface area contributed by atoms with Crippen molar-refractivity contribution in [1.29, 1.82) is 0 Å². The van der Waals surface area contributed by atoms with Gasteiger partial charge in [-0.15, -0.1) is 23.1 Å². The van der Waals surface area contributed by atoms with E-state index < -0.39 is 0 Å². The Bertz CT molecular complexity index is 336. The van der Waals surface area contributed by atoms with Crippen LogP contribution in [0.3, 0.4) is 0 Å². The maximum Gasteiger partial charge on any atom is 0.263 e. The van der Waals surface area contributed by atoms with Gasteiger partial charge in [-0.05, 0) is 18.2 Å². The van der Waals surface area contributed by atoms with E-state index in [9.17, 15) is 4.79 Å². The molecule has 0 spiro atoms. The third kappa shape index (κ3) is 3.43. The van der Waals surface area contributed by atoms with Crippen molar-refractivity contribution in [2.24, 2.45) is 0 Å². The van der Waals surface area contributed by atoms with E-state index in [1.54, 1.807) is 11.8 Å². The number of nitrogens with one attached hydrogen (secondary N) is 1. The molecule has 0 bridgehead atoms. The average molecular weight is 244 g/mol. The number of carbonyl (C=O) groups is 1. The number of thioether (sulfide) groups is 1. The largest absolute Gasteiger partial charge is 0.397 e. The minimum absolute atomic E-state index is 0.0534. The molecule has 1 amide bonds. The predicted molar refractivity (Wildman–Crippen MR) is 67.8 cm³/mol. The van der Waals surface area contributed by atoms with Gasteiger partial charge >= 0.3 is 0 Å². The lowest BCUT2D eigenvalue weighted by molar-refractivity contribution is 0.0958. The fourth-order valence-corrected chi connectivity index (χ4v) is 3.15. The number of anilines is 1. The predicted octanol–water partition coefficient (Wildman–Crippen LogP) is 2.58. The number of thiophene rings is 1. The minimum Gasteiger partial charge on any atom is -0.397 e. The van der Waals surface area contributed by atoms with Crippen LogP contribution in [0, 0.1) is 0 Å².